The fourth-order valence-electron chi connectivity index (χ4n) is 1.36. The van der Waals surface area contributed by atoms with Gasteiger partial charge in [0.05, 0.1) is 4.92 Å². The van der Waals surface area contributed by atoms with E-state index in [2.05, 4.69) is 5.32 Å². The number of hydrogen-bond acceptors (Lipinski definition) is 5. The lowest BCUT2D eigenvalue weighted by Crippen LogP contribution is -2.25. The molecule has 1 rings (SSSR count). The van der Waals surface area contributed by atoms with Gasteiger partial charge in [0.25, 0.3) is 11.6 Å². The van der Waals surface area contributed by atoms with E-state index in [1.54, 1.807) is 7.11 Å². The Bertz CT molecular complexity index is 448. The number of rotatable bonds is 6. The summed E-state index contributed by atoms with van der Waals surface area (Å²) < 4.78 is 4.84. The molecule has 0 aromatic heterocycles. The number of nitro benzene ring substituents is 1. The molecule has 98 valence electrons. The van der Waals surface area contributed by atoms with E-state index in [9.17, 15) is 14.9 Å². The molecule has 1 amide bonds. The summed E-state index contributed by atoms with van der Waals surface area (Å²) in [6, 6.07) is 3.97. The van der Waals surface area contributed by atoms with Crippen molar-refractivity contribution in [3.05, 3.63) is 33.9 Å². The van der Waals surface area contributed by atoms with Gasteiger partial charge in [0.1, 0.15) is 5.69 Å². The highest BCUT2D eigenvalue weighted by Crippen LogP contribution is 2.22. The summed E-state index contributed by atoms with van der Waals surface area (Å²) in [6.45, 7) is 0.993. The Morgan fingerprint density at radius 2 is 2.28 bits per heavy atom. The molecule has 0 bridgehead atoms. The van der Waals surface area contributed by atoms with Crippen molar-refractivity contribution in [1.82, 2.24) is 5.32 Å². The monoisotopic (exact) mass is 253 g/mol. The van der Waals surface area contributed by atoms with Gasteiger partial charge in [-0.3, -0.25) is 14.9 Å². The van der Waals surface area contributed by atoms with Crippen molar-refractivity contribution in [2.45, 2.75) is 6.42 Å². The van der Waals surface area contributed by atoms with E-state index in [0.717, 1.165) is 0 Å². The highest BCUT2D eigenvalue weighted by atomic mass is 16.6. The first-order valence-corrected chi connectivity index (χ1v) is 5.37. The number of hydrogen-bond donors (Lipinski definition) is 2. The largest absolute Gasteiger partial charge is 0.393 e. The maximum Gasteiger partial charge on any atom is 0.292 e. The van der Waals surface area contributed by atoms with Crippen LogP contribution in [0, 0.1) is 10.1 Å². The predicted octanol–water partition coefficient (Wildman–Crippen LogP) is 0.943. The number of benzene rings is 1. The van der Waals surface area contributed by atoms with Crippen molar-refractivity contribution in [3.8, 4) is 0 Å². The van der Waals surface area contributed by atoms with Gasteiger partial charge in [0.15, 0.2) is 0 Å². The minimum atomic E-state index is -0.614. The second-order valence-electron chi connectivity index (χ2n) is 3.63. The maximum atomic E-state index is 11.7. The van der Waals surface area contributed by atoms with Gasteiger partial charge in [-0.15, -0.1) is 0 Å². The third kappa shape index (κ3) is 3.70. The van der Waals surface area contributed by atoms with Gasteiger partial charge in [0, 0.05) is 31.9 Å². The Hall–Kier alpha value is -2.15. The number of nitro groups is 1. The van der Waals surface area contributed by atoms with Crippen molar-refractivity contribution in [2.24, 2.45) is 0 Å². The second kappa shape index (κ2) is 6.55. The van der Waals surface area contributed by atoms with E-state index in [1.165, 1.54) is 18.2 Å². The number of nitrogens with one attached hydrogen (secondary N) is 1. The molecule has 1 aromatic carbocycles. The van der Waals surface area contributed by atoms with Gasteiger partial charge >= 0.3 is 0 Å². The van der Waals surface area contributed by atoms with Gasteiger partial charge in [0.2, 0.25) is 0 Å². The number of nitrogens with two attached hydrogens (primary N) is 1. The molecule has 0 atom stereocenters. The lowest BCUT2D eigenvalue weighted by Gasteiger charge is -2.05. The SMILES string of the molecule is COCCCNC(=O)c1ccc(N)c([N+](=O)[O-])c1. The van der Waals surface area contributed by atoms with Crippen LogP contribution in [0.5, 0.6) is 0 Å². The molecule has 0 unspecified atom stereocenters. The van der Waals surface area contributed by atoms with Crippen LogP contribution in [0.4, 0.5) is 11.4 Å². The molecule has 0 aliphatic heterocycles. The molecule has 0 saturated carbocycles. The van der Waals surface area contributed by atoms with Crippen LogP contribution in [-0.2, 0) is 4.74 Å². The molecule has 7 heteroatoms. The van der Waals surface area contributed by atoms with E-state index in [0.29, 0.717) is 19.6 Å². The number of carbonyl (C=O) groups excluding carboxylic acids is 1. The first kappa shape index (κ1) is 13.9. The first-order chi connectivity index (χ1) is 8.56. The zero-order chi connectivity index (χ0) is 13.5. The van der Waals surface area contributed by atoms with E-state index >= 15 is 0 Å². The topological polar surface area (TPSA) is 107 Å². The molecule has 0 saturated heterocycles. The number of methoxy groups -OCH3 is 1. The summed E-state index contributed by atoms with van der Waals surface area (Å²) in [5, 5.41) is 13.3. The molecule has 0 aliphatic rings. The summed E-state index contributed by atoms with van der Waals surface area (Å²) in [7, 11) is 1.57. The van der Waals surface area contributed by atoms with Crippen molar-refractivity contribution in [3.63, 3.8) is 0 Å². The van der Waals surface area contributed by atoms with Crippen LogP contribution >= 0.6 is 0 Å². The van der Waals surface area contributed by atoms with Crippen molar-refractivity contribution in [2.75, 3.05) is 26.0 Å². The number of carbonyl (C=O) groups is 1. The Morgan fingerprint density at radius 1 is 1.56 bits per heavy atom. The van der Waals surface area contributed by atoms with Crippen LogP contribution in [0.15, 0.2) is 18.2 Å². The Labute approximate surface area is 104 Å². The van der Waals surface area contributed by atoms with Crippen molar-refractivity contribution in [1.29, 1.82) is 0 Å². The lowest BCUT2D eigenvalue weighted by molar-refractivity contribution is -0.383. The Morgan fingerprint density at radius 3 is 2.89 bits per heavy atom. The molecule has 3 N–H and O–H groups in total. The van der Waals surface area contributed by atoms with E-state index < -0.39 is 4.92 Å². The minimum absolute atomic E-state index is 0.0379. The third-order valence-corrected chi connectivity index (χ3v) is 2.30. The molecular weight excluding hydrogens is 238 g/mol. The normalized spacial score (nSPS) is 10.1. The van der Waals surface area contributed by atoms with Crippen LogP contribution in [0.2, 0.25) is 0 Å². The van der Waals surface area contributed by atoms with Crippen LogP contribution in [-0.4, -0.2) is 31.1 Å². The first-order valence-electron chi connectivity index (χ1n) is 5.37. The van der Waals surface area contributed by atoms with Gasteiger partial charge < -0.3 is 15.8 Å². The number of nitrogens with zero attached hydrogens (tertiary/aromatic N) is 1. The molecule has 0 heterocycles. The smallest absolute Gasteiger partial charge is 0.292 e. The number of anilines is 1. The molecular formula is C11H15N3O4. The standard InChI is InChI=1S/C11H15N3O4/c1-18-6-2-5-13-11(15)8-3-4-9(12)10(7-8)14(16)17/h3-4,7H,2,5-6,12H2,1H3,(H,13,15). The van der Waals surface area contributed by atoms with Crippen LogP contribution in [0.25, 0.3) is 0 Å². The summed E-state index contributed by atoms with van der Waals surface area (Å²) in [4.78, 5) is 21.7. The highest BCUT2D eigenvalue weighted by molar-refractivity contribution is 5.95. The number of amides is 1. The van der Waals surface area contributed by atoms with Crippen molar-refractivity contribution >= 4 is 17.3 Å². The van der Waals surface area contributed by atoms with Gasteiger partial charge in [-0.05, 0) is 18.6 Å². The average molecular weight is 253 g/mol. The molecule has 7 nitrogen and oxygen atoms in total. The number of nitrogen functional groups attached to an aromatic ring is 1. The summed E-state index contributed by atoms with van der Waals surface area (Å²) in [6.07, 6.45) is 0.680. The van der Waals surface area contributed by atoms with Crippen LogP contribution in [0.1, 0.15) is 16.8 Å². The maximum absolute atomic E-state index is 11.7. The Kier molecular flexibility index (Phi) is 5.06. The summed E-state index contributed by atoms with van der Waals surface area (Å²) >= 11 is 0. The fourth-order valence-corrected chi connectivity index (χ4v) is 1.36. The summed E-state index contributed by atoms with van der Waals surface area (Å²) in [5.74, 6) is -0.366. The second-order valence-corrected chi connectivity index (χ2v) is 3.63. The number of ether oxygens (including phenoxy) is 1. The lowest BCUT2D eigenvalue weighted by atomic mass is 10.1. The molecule has 0 fully saturated rings. The predicted molar refractivity (Wildman–Crippen MR) is 66.3 cm³/mol. The molecule has 1 aromatic rings. The zero-order valence-corrected chi connectivity index (χ0v) is 10.0. The molecule has 0 radical (unpaired) electrons. The zero-order valence-electron chi connectivity index (χ0n) is 10.0. The average Bonchev–Trinajstić information content (AvgIpc) is 2.34. The van der Waals surface area contributed by atoms with Crippen LogP contribution in [0.3, 0.4) is 0 Å². The highest BCUT2D eigenvalue weighted by Gasteiger charge is 2.15. The third-order valence-electron chi connectivity index (χ3n) is 2.30. The fraction of sp³-hybridized carbons (Fsp3) is 0.364. The molecule has 0 spiro atoms. The Balaban J connectivity index is 2.68. The van der Waals surface area contributed by atoms with Crippen molar-refractivity contribution < 1.29 is 14.5 Å². The van der Waals surface area contributed by atoms with Gasteiger partial charge in [-0.25, -0.2) is 0 Å². The van der Waals surface area contributed by atoms with Gasteiger partial charge in [-0.2, -0.15) is 0 Å². The van der Waals surface area contributed by atoms with Gasteiger partial charge in [-0.1, -0.05) is 0 Å². The molecule has 0 aliphatic carbocycles. The van der Waals surface area contributed by atoms with E-state index in [-0.39, 0.29) is 22.8 Å². The quantitative estimate of drug-likeness (QED) is 0.339. The van der Waals surface area contributed by atoms with Crippen LogP contribution < -0.4 is 11.1 Å². The molecule has 18 heavy (non-hydrogen) atoms. The minimum Gasteiger partial charge on any atom is -0.393 e. The summed E-state index contributed by atoms with van der Waals surface area (Å²) in [5.41, 5.74) is 5.43. The van der Waals surface area contributed by atoms with E-state index in [4.69, 9.17) is 10.5 Å². The van der Waals surface area contributed by atoms with E-state index in [1.807, 2.05) is 0 Å².